The van der Waals surface area contributed by atoms with Crippen LogP contribution < -0.4 is 0 Å². The number of aliphatic hydroxyl groups is 5. The average molecular weight is 463 g/mol. The molecule has 5 N–H and O–H groups in total. The fraction of sp³-hybridized carbons (Fsp3) is 0.333. The second-order valence-electron chi connectivity index (χ2n) is 8.14. The molecule has 8 heteroatoms. The molecule has 0 aliphatic heterocycles. The van der Waals surface area contributed by atoms with E-state index in [-0.39, 0.29) is 12.2 Å². The van der Waals surface area contributed by atoms with E-state index < -0.39 is 48.7 Å². The predicted molar refractivity (Wildman–Crippen MR) is 116 cm³/mol. The average Bonchev–Trinajstić information content (AvgIpc) is 3.24. The van der Waals surface area contributed by atoms with E-state index in [2.05, 4.69) is 0 Å². The van der Waals surface area contributed by atoms with Crippen LogP contribution in [0.3, 0.4) is 0 Å². The van der Waals surface area contributed by atoms with E-state index in [1.54, 1.807) is 12.1 Å². The molecule has 6 atom stereocenters. The van der Waals surface area contributed by atoms with E-state index in [1.165, 1.54) is 41.7 Å². The van der Waals surface area contributed by atoms with Crippen molar-refractivity contribution in [3.05, 3.63) is 82.2 Å². The molecular weight excluding hydrogens is 438 g/mol. The lowest BCUT2D eigenvalue weighted by Crippen LogP contribution is -2.58. The van der Waals surface area contributed by atoms with Gasteiger partial charge >= 0.3 is 0 Å². The van der Waals surface area contributed by atoms with Crippen LogP contribution in [-0.2, 0) is 6.42 Å². The molecule has 0 saturated heterocycles. The minimum atomic E-state index is -1.55. The third-order valence-corrected chi connectivity index (χ3v) is 7.27. The number of halogens is 2. The molecular formula is C24H24F2O5S. The van der Waals surface area contributed by atoms with Crippen molar-refractivity contribution >= 4 is 11.3 Å². The molecule has 3 aromatic rings. The highest BCUT2D eigenvalue weighted by Gasteiger charge is 2.49. The Morgan fingerprint density at radius 2 is 1.50 bits per heavy atom. The molecule has 0 bridgehead atoms. The first-order valence-electron chi connectivity index (χ1n) is 10.3. The van der Waals surface area contributed by atoms with Gasteiger partial charge in [-0.25, -0.2) is 8.78 Å². The summed E-state index contributed by atoms with van der Waals surface area (Å²) in [6.07, 6.45) is -5.56. The Morgan fingerprint density at radius 1 is 0.781 bits per heavy atom. The Hall–Kier alpha value is -2.20. The molecule has 5 nitrogen and oxygen atoms in total. The second-order valence-corrected chi connectivity index (χ2v) is 9.30. The molecule has 1 aliphatic rings. The highest BCUT2D eigenvalue weighted by atomic mass is 32.1. The summed E-state index contributed by atoms with van der Waals surface area (Å²) in [7, 11) is 0. The summed E-state index contributed by atoms with van der Waals surface area (Å²) < 4.78 is 27.7. The lowest BCUT2D eigenvalue weighted by molar-refractivity contribution is -0.169. The maximum absolute atomic E-state index is 14.6. The van der Waals surface area contributed by atoms with Gasteiger partial charge in [-0.2, -0.15) is 0 Å². The van der Waals surface area contributed by atoms with Crippen LogP contribution >= 0.6 is 11.3 Å². The summed E-state index contributed by atoms with van der Waals surface area (Å²) in [4.78, 5) is 1.78. The van der Waals surface area contributed by atoms with E-state index in [1.807, 2.05) is 12.1 Å². The molecule has 32 heavy (non-hydrogen) atoms. The van der Waals surface area contributed by atoms with Gasteiger partial charge in [-0.15, -0.1) is 11.3 Å². The van der Waals surface area contributed by atoms with Crippen molar-refractivity contribution < 1.29 is 34.3 Å². The quantitative estimate of drug-likeness (QED) is 0.401. The van der Waals surface area contributed by atoms with Gasteiger partial charge in [0.05, 0.1) is 24.9 Å². The van der Waals surface area contributed by atoms with Crippen LogP contribution in [0.1, 0.15) is 21.9 Å². The fourth-order valence-electron chi connectivity index (χ4n) is 4.32. The minimum absolute atomic E-state index is 0.263. The molecule has 0 radical (unpaired) electrons. The molecule has 1 aliphatic carbocycles. The Morgan fingerprint density at radius 3 is 2.19 bits per heavy atom. The van der Waals surface area contributed by atoms with Crippen molar-refractivity contribution in [2.24, 2.45) is 5.92 Å². The summed E-state index contributed by atoms with van der Waals surface area (Å²) in [6, 6.07) is 14.0. The summed E-state index contributed by atoms with van der Waals surface area (Å²) in [6.45, 7) is -0.571. The second kappa shape index (κ2) is 9.35. The van der Waals surface area contributed by atoms with Crippen LogP contribution in [0, 0.1) is 17.6 Å². The van der Waals surface area contributed by atoms with Crippen LogP contribution in [0.5, 0.6) is 0 Å². The maximum atomic E-state index is 14.6. The zero-order valence-corrected chi connectivity index (χ0v) is 17.8. The molecule has 2 aromatic carbocycles. The van der Waals surface area contributed by atoms with Crippen LogP contribution in [0.4, 0.5) is 8.78 Å². The topological polar surface area (TPSA) is 101 Å². The number of hydrogen-bond donors (Lipinski definition) is 5. The van der Waals surface area contributed by atoms with Gasteiger partial charge in [0.25, 0.3) is 0 Å². The summed E-state index contributed by atoms with van der Waals surface area (Å²) in [5.74, 6) is -2.81. The van der Waals surface area contributed by atoms with Gasteiger partial charge in [0.15, 0.2) is 0 Å². The van der Waals surface area contributed by atoms with Gasteiger partial charge in [-0.05, 0) is 47.0 Å². The molecule has 0 amide bonds. The van der Waals surface area contributed by atoms with Gasteiger partial charge in [0.2, 0.25) is 0 Å². The zero-order chi connectivity index (χ0) is 23.0. The number of aliphatic hydroxyl groups excluding tert-OH is 5. The van der Waals surface area contributed by atoms with Gasteiger partial charge in [-0.3, -0.25) is 0 Å². The number of thiophene rings is 1. The van der Waals surface area contributed by atoms with E-state index >= 15 is 0 Å². The van der Waals surface area contributed by atoms with Crippen molar-refractivity contribution in [3.8, 4) is 10.4 Å². The zero-order valence-electron chi connectivity index (χ0n) is 17.0. The molecule has 170 valence electrons. The predicted octanol–water partition coefficient (Wildman–Crippen LogP) is 2.43. The van der Waals surface area contributed by atoms with Crippen molar-refractivity contribution in [2.75, 3.05) is 6.61 Å². The number of benzene rings is 2. The summed E-state index contributed by atoms with van der Waals surface area (Å²) >= 11 is 1.45. The Balaban J connectivity index is 1.60. The molecule has 1 heterocycles. The normalized spacial score (nSPS) is 28.1. The van der Waals surface area contributed by atoms with Crippen molar-refractivity contribution in [1.29, 1.82) is 0 Å². The third-order valence-electron chi connectivity index (χ3n) is 6.13. The number of hydrogen-bond acceptors (Lipinski definition) is 6. The smallest absolute Gasteiger partial charge is 0.126 e. The Bertz CT molecular complexity index is 1070. The highest BCUT2D eigenvalue weighted by molar-refractivity contribution is 7.15. The third kappa shape index (κ3) is 4.34. The lowest BCUT2D eigenvalue weighted by atomic mass is 9.70. The van der Waals surface area contributed by atoms with Crippen molar-refractivity contribution in [2.45, 2.75) is 36.8 Å². The standard InChI is InChI=1S/C24H24F2O5S/c25-15-4-1-12(2-5-15)19-8-6-16(32-19)10-14-9-13(3-7-18(14)26)20-21(28)17(11-27)22(29)24(31)23(20)30/h1-9,17,20-24,27-31H,10-11H2/t17-,20+,21-,22+,23-,24-/m0/s1. The van der Waals surface area contributed by atoms with Gasteiger partial charge in [-0.1, -0.05) is 24.3 Å². The molecule has 0 spiro atoms. The number of rotatable bonds is 5. The van der Waals surface area contributed by atoms with E-state index in [0.717, 1.165) is 15.3 Å². The van der Waals surface area contributed by atoms with Gasteiger partial charge in [0.1, 0.15) is 17.7 Å². The van der Waals surface area contributed by atoms with E-state index in [0.29, 0.717) is 11.1 Å². The molecule has 4 rings (SSSR count). The summed E-state index contributed by atoms with van der Waals surface area (Å²) in [5, 5.41) is 50.8. The van der Waals surface area contributed by atoms with Gasteiger partial charge in [0, 0.05) is 28.0 Å². The van der Waals surface area contributed by atoms with Crippen LogP contribution in [0.2, 0.25) is 0 Å². The van der Waals surface area contributed by atoms with E-state index in [4.69, 9.17) is 0 Å². The minimum Gasteiger partial charge on any atom is -0.396 e. The fourth-order valence-corrected chi connectivity index (χ4v) is 5.35. The van der Waals surface area contributed by atoms with Crippen LogP contribution in [-0.4, -0.2) is 56.6 Å². The molecule has 1 saturated carbocycles. The van der Waals surface area contributed by atoms with E-state index in [9.17, 15) is 34.3 Å². The van der Waals surface area contributed by atoms with Crippen molar-refractivity contribution in [3.63, 3.8) is 0 Å². The van der Waals surface area contributed by atoms with Gasteiger partial charge < -0.3 is 25.5 Å². The van der Waals surface area contributed by atoms with Crippen LogP contribution in [0.25, 0.3) is 10.4 Å². The maximum Gasteiger partial charge on any atom is 0.126 e. The first-order valence-corrected chi connectivity index (χ1v) is 11.1. The summed E-state index contributed by atoms with van der Waals surface area (Å²) in [5.41, 5.74) is 1.60. The first-order chi connectivity index (χ1) is 15.3. The Kier molecular flexibility index (Phi) is 6.71. The monoisotopic (exact) mass is 462 g/mol. The highest BCUT2D eigenvalue weighted by Crippen LogP contribution is 2.38. The first kappa shape index (κ1) is 23.0. The largest absolute Gasteiger partial charge is 0.396 e. The van der Waals surface area contributed by atoms with Crippen molar-refractivity contribution in [1.82, 2.24) is 0 Å². The Labute approximate surface area is 187 Å². The molecule has 1 fully saturated rings. The lowest BCUT2D eigenvalue weighted by Gasteiger charge is -2.43. The SMILES string of the molecule is OC[C@@H]1[C@@H](O)[C@H](O)[C@@H](O)[C@H](c2ccc(F)c(Cc3ccc(-c4ccc(F)cc4)s3)c2)[C@H]1O. The molecule has 0 unspecified atom stereocenters. The molecule has 1 aromatic heterocycles. The van der Waals surface area contributed by atoms with Crippen LogP contribution in [0.15, 0.2) is 54.6 Å².